The van der Waals surface area contributed by atoms with Crippen LogP contribution in [0.25, 0.3) is 0 Å². The predicted octanol–water partition coefficient (Wildman–Crippen LogP) is 1.61. The molecule has 1 heterocycles. The first-order chi connectivity index (χ1) is 5.72. The summed E-state index contributed by atoms with van der Waals surface area (Å²) < 4.78 is 5.07. The molecule has 0 radical (unpaired) electrons. The molecule has 1 aliphatic heterocycles. The Balaban J connectivity index is 2.24. The van der Waals surface area contributed by atoms with Crippen molar-refractivity contribution in [2.24, 2.45) is 11.8 Å². The number of methoxy groups -OCH3 is 1. The molecule has 2 heteroatoms. The molecule has 12 heavy (non-hydrogen) atoms. The number of likely N-dealkylation sites (tertiary alicyclic amines) is 1. The van der Waals surface area contributed by atoms with Crippen molar-refractivity contribution in [1.82, 2.24) is 4.90 Å². The summed E-state index contributed by atoms with van der Waals surface area (Å²) in [6.07, 6.45) is 1.39. The van der Waals surface area contributed by atoms with Gasteiger partial charge in [0.25, 0.3) is 0 Å². The third-order valence-corrected chi connectivity index (χ3v) is 2.56. The molecule has 2 nitrogen and oxygen atoms in total. The highest BCUT2D eigenvalue weighted by Gasteiger charge is 2.20. The van der Waals surface area contributed by atoms with Crippen LogP contribution in [0, 0.1) is 11.8 Å². The molecule has 2 unspecified atom stereocenters. The minimum absolute atomic E-state index is 0.866. The van der Waals surface area contributed by atoms with E-state index in [1.54, 1.807) is 7.11 Å². The van der Waals surface area contributed by atoms with Crippen LogP contribution in [0.4, 0.5) is 0 Å². The topological polar surface area (TPSA) is 12.5 Å². The van der Waals surface area contributed by atoms with Crippen molar-refractivity contribution in [3.63, 3.8) is 0 Å². The minimum atomic E-state index is 0.866. The van der Waals surface area contributed by atoms with E-state index in [0.29, 0.717) is 0 Å². The van der Waals surface area contributed by atoms with Gasteiger partial charge in [0, 0.05) is 26.7 Å². The molecule has 0 aromatic carbocycles. The maximum Gasteiger partial charge on any atom is 0.0589 e. The summed E-state index contributed by atoms with van der Waals surface area (Å²) in [5.74, 6) is 1.73. The first kappa shape index (κ1) is 10.0. The van der Waals surface area contributed by atoms with E-state index >= 15 is 0 Å². The number of ether oxygens (including phenoxy) is 1. The van der Waals surface area contributed by atoms with E-state index in [2.05, 4.69) is 18.7 Å². The number of hydrogen-bond donors (Lipinski definition) is 0. The maximum atomic E-state index is 5.07. The average molecular weight is 171 g/mol. The highest BCUT2D eigenvalue weighted by molar-refractivity contribution is 4.74. The van der Waals surface area contributed by atoms with Crippen molar-refractivity contribution >= 4 is 0 Å². The van der Waals surface area contributed by atoms with Gasteiger partial charge in [-0.25, -0.2) is 0 Å². The van der Waals surface area contributed by atoms with Crippen molar-refractivity contribution in [3.05, 3.63) is 0 Å². The lowest BCUT2D eigenvalue weighted by molar-refractivity contribution is 0.0968. The van der Waals surface area contributed by atoms with Crippen LogP contribution in [-0.4, -0.2) is 38.3 Å². The summed E-state index contributed by atoms with van der Waals surface area (Å²) in [5.41, 5.74) is 0. The Kier molecular flexibility index (Phi) is 4.02. The standard InChI is InChI=1S/C10H21NO/c1-9-6-10(2)8-11(7-9)4-5-12-3/h9-10H,4-8H2,1-3H3. The van der Waals surface area contributed by atoms with Gasteiger partial charge < -0.3 is 9.64 Å². The highest BCUT2D eigenvalue weighted by atomic mass is 16.5. The molecular formula is C10H21NO. The van der Waals surface area contributed by atoms with E-state index < -0.39 is 0 Å². The lowest BCUT2D eigenvalue weighted by Gasteiger charge is -2.34. The fraction of sp³-hybridized carbons (Fsp3) is 1.00. The first-order valence-corrected chi connectivity index (χ1v) is 4.93. The van der Waals surface area contributed by atoms with Crippen LogP contribution in [0.1, 0.15) is 20.3 Å². The summed E-state index contributed by atoms with van der Waals surface area (Å²) in [6.45, 7) is 9.18. The van der Waals surface area contributed by atoms with Gasteiger partial charge in [-0.3, -0.25) is 0 Å². The third-order valence-electron chi connectivity index (χ3n) is 2.56. The molecule has 1 rings (SSSR count). The third kappa shape index (κ3) is 3.11. The van der Waals surface area contributed by atoms with E-state index in [-0.39, 0.29) is 0 Å². The van der Waals surface area contributed by atoms with Crippen molar-refractivity contribution in [2.45, 2.75) is 20.3 Å². The van der Waals surface area contributed by atoms with Crippen LogP contribution in [0.5, 0.6) is 0 Å². The molecule has 1 aliphatic rings. The van der Waals surface area contributed by atoms with Crippen LogP contribution in [0.2, 0.25) is 0 Å². The van der Waals surface area contributed by atoms with E-state index in [1.807, 2.05) is 0 Å². The van der Waals surface area contributed by atoms with Gasteiger partial charge in [-0.1, -0.05) is 13.8 Å². The molecule has 1 saturated heterocycles. The first-order valence-electron chi connectivity index (χ1n) is 4.93. The number of rotatable bonds is 3. The normalized spacial score (nSPS) is 32.2. The summed E-state index contributed by atoms with van der Waals surface area (Å²) in [7, 11) is 1.77. The van der Waals surface area contributed by atoms with Gasteiger partial charge in [-0.15, -0.1) is 0 Å². The molecule has 0 amide bonds. The second-order valence-corrected chi connectivity index (χ2v) is 4.20. The molecule has 0 N–H and O–H groups in total. The van der Waals surface area contributed by atoms with Gasteiger partial charge in [0.05, 0.1) is 6.61 Å². The van der Waals surface area contributed by atoms with E-state index in [9.17, 15) is 0 Å². The van der Waals surface area contributed by atoms with Crippen LogP contribution in [0.15, 0.2) is 0 Å². The van der Waals surface area contributed by atoms with Gasteiger partial charge in [0.1, 0.15) is 0 Å². The average Bonchev–Trinajstić information content (AvgIpc) is 1.99. The van der Waals surface area contributed by atoms with Crippen LogP contribution in [-0.2, 0) is 4.74 Å². The zero-order valence-electron chi connectivity index (χ0n) is 8.55. The largest absolute Gasteiger partial charge is 0.383 e. The van der Waals surface area contributed by atoms with Crippen molar-refractivity contribution in [3.8, 4) is 0 Å². The monoisotopic (exact) mass is 171 g/mol. The molecule has 1 fully saturated rings. The second-order valence-electron chi connectivity index (χ2n) is 4.20. The predicted molar refractivity (Wildman–Crippen MR) is 51.3 cm³/mol. The van der Waals surface area contributed by atoms with E-state index in [0.717, 1.165) is 25.0 Å². The summed E-state index contributed by atoms with van der Waals surface area (Å²) in [6, 6.07) is 0. The van der Waals surface area contributed by atoms with Gasteiger partial charge in [-0.2, -0.15) is 0 Å². The Bertz CT molecular complexity index is 117. The number of nitrogens with zero attached hydrogens (tertiary/aromatic N) is 1. The highest BCUT2D eigenvalue weighted by Crippen LogP contribution is 2.20. The summed E-state index contributed by atoms with van der Waals surface area (Å²) in [5, 5.41) is 0. The molecule has 0 saturated carbocycles. The van der Waals surface area contributed by atoms with Gasteiger partial charge in [0.15, 0.2) is 0 Å². The molecule has 0 bridgehead atoms. The summed E-state index contributed by atoms with van der Waals surface area (Å²) >= 11 is 0. The zero-order valence-corrected chi connectivity index (χ0v) is 8.55. The van der Waals surface area contributed by atoms with Crippen LogP contribution in [0.3, 0.4) is 0 Å². The maximum absolute atomic E-state index is 5.07. The van der Waals surface area contributed by atoms with E-state index in [4.69, 9.17) is 4.74 Å². The Morgan fingerprint density at radius 2 is 1.83 bits per heavy atom. The zero-order chi connectivity index (χ0) is 8.97. The second kappa shape index (κ2) is 4.83. The van der Waals surface area contributed by atoms with Gasteiger partial charge in [-0.05, 0) is 18.3 Å². The molecular weight excluding hydrogens is 150 g/mol. The Hall–Kier alpha value is -0.0800. The van der Waals surface area contributed by atoms with Crippen LogP contribution < -0.4 is 0 Å². The Morgan fingerprint density at radius 3 is 2.33 bits per heavy atom. The Morgan fingerprint density at radius 1 is 1.25 bits per heavy atom. The molecule has 0 spiro atoms. The Labute approximate surface area is 75.9 Å². The van der Waals surface area contributed by atoms with Crippen LogP contribution >= 0.6 is 0 Å². The number of hydrogen-bond acceptors (Lipinski definition) is 2. The van der Waals surface area contributed by atoms with Crippen molar-refractivity contribution < 1.29 is 4.74 Å². The molecule has 0 aromatic heterocycles. The molecule has 2 atom stereocenters. The lowest BCUT2D eigenvalue weighted by Crippen LogP contribution is -2.40. The summed E-state index contributed by atoms with van der Waals surface area (Å²) in [4.78, 5) is 2.52. The SMILES string of the molecule is COCCN1CC(C)CC(C)C1. The molecule has 0 aromatic rings. The molecule has 72 valence electrons. The smallest absolute Gasteiger partial charge is 0.0589 e. The van der Waals surface area contributed by atoms with Crippen molar-refractivity contribution in [2.75, 3.05) is 33.4 Å². The minimum Gasteiger partial charge on any atom is -0.383 e. The van der Waals surface area contributed by atoms with Crippen molar-refractivity contribution in [1.29, 1.82) is 0 Å². The number of piperidine rings is 1. The fourth-order valence-electron chi connectivity index (χ4n) is 2.20. The lowest BCUT2D eigenvalue weighted by atomic mass is 9.92. The van der Waals surface area contributed by atoms with Gasteiger partial charge >= 0.3 is 0 Å². The van der Waals surface area contributed by atoms with Gasteiger partial charge in [0.2, 0.25) is 0 Å². The van der Waals surface area contributed by atoms with E-state index in [1.165, 1.54) is 19.5 Å². The quantitative estimate of drug-likeness (QED) is 0.639. The molecule has 0 aliphatic carbocycles. The fourth-order valence-corrected chi connectivity index (χ4v) is 2.20.